The second-order valence-corrected chi connectivity index (χ2v) is 8.70. The zero-order valence-electron chi connectivity index (χ0n) is 18.1. The lowest BCUT2D eigenvalue weighted by Gasteiger charge is -2.14. The smallest absolute Gasteiger partial charge is 0.164 e. The number of fused-ring (bicyclic) bond motifs is 1. The lowest BCUT2D eigenvalue weighted by atomic mass is 10.1. The van der Waals surface area contributed by atoms with Gasteiger partial charge in [0.1, 0.15) is 12.1 Å². The van der Waals surface area contributed by atoms with Crippen molar-refractivity contribution in [2.24, 2.45) is 0 Å². The molecule has 1 N–H and O–H groups in total. The quantitative estimate of drug-likeness (QED) is 0.275. The Kier molecular flexibility index (Phi) is 6.13. The monoisotopic (exact) mass is 446 g/mol. The van der Waals surface area contributed by atoms with Crippen molar-refractivity contribution in [3.8, 4) is 0 Å². The molecule has 0 spiro atoms. The zero-order valence-corrected chi connectivity index (χ0v) is 19.0. The molecule has 0 radical (unpaired) electrons. The van der Waals surface area contributed by atoms with E-state index in [0.717, 1.165) is 38.6 Å². The number of nitrogens with one attached hydrogen (secondary N) is 1. The first-order valence-corrected chi connectivity index (χ1v) is 11.5. The molecular weight excluding hydrogens is 424 g/mol. The summed E-state index contributed by atoms with van der Waals surface area (Å²) in [4.78, 5) is 15.7. The Morgan fingerprint density at radius 3 is 2.33 bits per heavy atom. The van der Waals surface area contributed by atoms with E-state index in [4.69, 9.17) is 0 Å². The van der Waals surface area contributed by atoms with Gasteiger partial charge in [-0.25, -0.2) is 15.0 Å². The molecule has 5 heteroatoms. The maximum atomic E-state index is 4.54. The summed E-state index contributed by atoms with van der Waals surface area (Å²) >= 11 is 1.72. The number of benzene rings is 3. The lowest BCUT2D eigenvalue weighted by Crippen LogP contribution is -1.99. The summed E-state index contributed by atoms with van der Waals surface area (Å²) in [6, 6.07) is 31.1. The predicted molar refractivity (Wildman–Crippen MR) is 138 cm³/mol. The van der Waals surface area contributed by atoms with E-state index in [9.17, 15) is 0 Å². The second kappa shape index (κ2) is 9.67. The summed E-state index contributed by atoms with van der Waals surface area (Å²) in [6.45, 7) is 1.96. The number of aromatic nitrogens is 3. The first kappa shape index (κ1) is 20.9. The van der Waals surface area contributed by atoms with Crippen LogP contribution in [0.25, 0.3) is 23.2 Å². The Morgan fingerprint density at radius 1 is 0.758 bits per heavy atom. The molecule has 160 valence electrons. The number of hydrogen-bond acceptors (Lipinski definition) is 5. The molecule has 0 saturated heterocycles. The van der Waals surface area contributed by atoms with Gasteiger partial charge in [-0.15, -0.1) is 0 Å². The van der Waals surface area contributed by atoms with Crippen LogP contribution in [0.2, 0.25) is 0 Å². The third-order valence-electron chi connectivity index (χ3n) is 5.13. The highest BCUT2D eigenvalue weighted by molar-refractivity contribution is 7.99. The lowest BCUT2D eigenvalue weighted by molar-refractivity contribution is 1.15. The molecule has 0 aliphatic rings. The normalized spacial score (nSPS) is 11.2. The van der Waals surface area contributed by atoms with E-state index in [1.54, 1.807) is 18.1 Å². The summed E-state index contributed by atoms with van der Waals surface area (Å²) in [5.74, 6) is 0.742. The van der Waals surface area contributed by atoms with Crippen molar-refractivity contribution < 1.29 is 0 Å². The molecule has 33 heavy (non-hydrogen) atoms. The van der Waals surface area contributed by atoms with Gasteiger partial charge in [-0.1, -0.05) is 78.5 Å². The van der Waals surface area contributed by atoms with Crippen molar-refractivity contribution in [2.75, 3.05) is 5.32 Å². The van der Waals surface area contributed by atoms with Gasteiger partial charge >= 0.3 is 0 Å². The molecule has 5 aromatic rings. The van der Waals surface area contributed by atoms with Crippen LogP contribution < -0.4 is 5.32 Å². The van der Waals surface area contributed by atoms with E-state index in [1.807, 2.05) is 43.3 Å². The Labute approximate surface area is 197 Å². The van der Waals surface area contributed by atoms with Crippen molar-refractivity contribution >= 4 is 46.5 Å². The second-order valence-electron chi connectivity index (χ2n) is 7.59. The topological polar surface area (TPSA) is 50.7 Å². The van der Waals surface area contributed by atoms with Crippen LogP contribution in [0.4, 0.5) is 11.5 Å². The van der Waals surface area contributed by atoms with Crippen molar-refractivity contribution in [3.05, 3.63) is 114 Å². The SMILES string of the molecule is Cc1ccc2c(Nc3cc(C=Cc4ccccc4)ccc3Sc3ccccc3)ncnc2n1. The highest BCUT2D eigenvalue weighted by Crippen LogP contribution is 2.36. The molecule has 0 aliphatic heterocycles. The summed E-state index contributed by atoms with van der Waals surface area (Å²) < 4.78 is 0. The van der Waals surface area contributed by atoms with Gasteiger partial charge < -0.3 is 5.32 Å². The molecule has 0 bridgehead atoms. The Balaban J connectivity index is 1.53. The van der Waals surface area contributed by atoms with E-state index in [1.165, 1.54) is 4.90 Å². The maximum absolute atomic E-state index is 4.54. The van der Waals surface area contributed by atoms with Crippen molar-refractivity contribution in [1.82, 2.24) is 15.0 Å². The minimum atomic E-state index is 0.685. The van der Waals surface area contributed by atoms with E-state index in [-0.39, 0.29) is 0 Å². The minimum absolute atomic E-state index is 0.685. The summed E-state index contributed by atoms with van der Waals surface area (Å²) in [5.41, 5.74) is 4.87. The van der Waals surface area contributed by atoms with Gasteiger partial charge in [0, 0.05) is 15.5 Å². The molecule has 5 rings (SSSR count). The Morgan fingerprint density at radius 2 is 1.52 bits per heavy atom. The fourth-order valence-electron chi connectivity index (χ4n) is 3.47. The molecule has 0 amide bonds. The van der Waals surface area contributed by atoms with Gasteiger partial charge in [-0.05, 0) is 54.4 Å². The largest absolute Gasteiger partial charge is 0.339 e. The summed E-state index contributed by atoms with van der Waals surface area (Å²) in [6.07, 6.45) is 5.80. The highest BCUT2D eigenvalue weighted by Gasteiger charge is 2.10. The number of pyridine rings is 1. The number of rotatable bonds is 6. The highest BCUT2D eigenvalue weighted by atomic mass is 32.2. The van der Waals surface area contributed by atoms with Crippen LogP contribution in [0.1, 0.15) is 16.8 Å². The predicted octanol–water partition coefficient (Wildman–Crippen LogP) is 7.40. The zero-order chi connectivity index (χ0) is 22.5. The van der Waals surface area contributed by atoms with Gasteiger partial charge in [-0.3, -0.25) is 0 Å². The van der Waals surface area contributed by atoms with Crippen LogP contribution >= 0.6 is 11.8 Å². The van der Waals surface area contributed by atoms with E-state index in [2.05, 4.69) is 87.0 Å². The average molecular weight is 447 g/mol. The molecule has 2 heterocycles. The van der Waals surface area contributed by atoms with Gasteiger partial charge in [0.15, 0.2) is 5.65 Å². The first-order valence-electron chi connectivity index (χ1n) is 10.7. The van der Waals surface area contributed by atoms with Gasteiger partial charge in [0.25, 0.3) is 0 Å². The van der Waals surface area contributed by atoms with Crippen molar-refractivity contribution in [1.29, 1.82) is 0 Å². The molecule has 0 saturated carbocycles. The van der Waals surface area contributed by atoms with Crippen LogP contribution in [0.15, 0.2) is 107 Å². The minimum Gasteiger partial charge on any atom is -0.339 e. The number of hydrogen-bond donors (Lipinski definition) is 1. The summed E-state index contributed by atoms with van der Waals surface area (Å²) in [7, 11) is 0. The molecule has 0 atom stereocenters. The molecule has 4 nitrogen and oxygen atoms in total. The molecule has 3 aromatic carbocycles. The van der Waals surface area contributed by atoms with Crippen LogP contribution in [0, 0.1) is 6.92 Å². The van der Waals surface area contributed by atoms with Gasteiger partial charge in [0.05, 0.1) is 11.1 Å². The van der Waals surface area contributed by atoms with E-state index < -0.39 is 0 Å². The van der Waals surface area contributed by atoms with E-state index in [0.29, 0.717) is 5.65 Å². The average Bonchev–Trinajstić information content (AvgIpc) is 2.85. The number of anilines is 2. The third kappa shape index (κ3) is 5.10. The fourth-order valence-corrected chi connectivity index (χ4v) is 4.38. The standard InChI is InChI=1S/C28H22N4S/c1-20-12-16-24-27(31-20)29-19-30-28(24)32-25-18-22(14-13-21-8-4-2-5-9-21)15-17-26(25)33-23-10-6-3-7-11-23/h2-19H,1H3,(H,29,30,31,32). The van der Waals surface area contributed by atoms with Crippen LogP contribution in [-0.4, -0.2) is 15.0 Å². The van der Waals surface area contributed by atoms with Gasteiger partial charge in [0.2, 0.25) is 0 Å². The van der Waals surface area contributed by atoms with Crippen LogP contribution in [-0.2, 0) is 0 Å². The van der Waals surface area contributed by atoms with Gasteiger partial charge in [-0.2, -0.15) is 0 Å². The fraction of sp³-hybridized carbons (Fsp3) is 0.0357. The Hall–Kier alpha value is -3.96. The van der Waals surface area contributed by atoms with Crippen molar-refractivity contribution in [2.45, 2.75) is 16.7 Å². The molecule has 2 aromatic heterocycles. The first-order chi connectivity index (χ1) is 16.2. The van der Waals surface area contributed by atoms with Crippen molar-refractivity contribution in [3.63, 3.8) is 0 Å². The molecule has 0 aliphatic carbocycles. The van der Waals surface area contributed by atoms with Crippen LogP contribution in [0.5, 0.6) is 0 Å². The number of nitrogens with zero attached hydrogens (tertiary/aromatic N) is 3. The molecule has 0 unspecified atom stereocenters. The van der Waals surface area contributed by atoms with Crippen LogP contribution in [0.3, 0.4) is 0 Å². The number of aryl methyl sites for hydroxylation is 1. The van der Waals surface area contributed by atoms with E-state index >= 15 is 0 Å². The maximum Gasteiger partial charge on any atom is 0.164 e. The summed E-state index contributed by atoms with van der Waals surface area (Å²) in [5, 5.41) is 4.44. The Bertz CT molecular complexity index is 1420. The molecular formula is C28H22N4S. The molecule has 0 fully saturated rings. The third-order valence-corrected chi connectivity index (χ3v) is 6.22.